The maximum atomic E-state index is 11.0. The summed E-state index contributed by atoms with van der Waals surface area (Å²) >= 11 is 0. The van der Waals surface area contributed by atoms with Crippen LogP contribution in [0.25, 0.3) is 0 Å². The van der Waals surface area contributed by atoms with Crippen LogP contribution < -0.4 is 9.64 Å². The first-order valence-corrected chi connectivity index (χ1v) is 6.13. The number of ether oxygens (including phenoxy) is 1. The number of carbonyl (C=O) groups excluding carboxylic acids is 1. The highest BCUT2D eigenvalue weighted by molar-refractivity contribution is 5.84. The minimum atomic E-state index is 0.707. The number of hydrogen-bond acceptors (Lipinski definition) is 3. The second kappa shape index (κ2) is 6.05. The number of aldehydes is 1. The fourth-order valence-corrected chi connectivity index (χ4v) is 2.02. The second-order valence-electron chi connectivity index (χ2n) is 4.38. The Bertz CT molecular complexity index is 549. The molecule has 0 radical (unpaired) electrons. The van der Waals surface area contributed by atoms with Crippen LogP contribution in [-0.4, -0.2) is 20.4 Å². The van der Waals surface area contributed by atoms with Crippen molar-refractivity contribution in [2.45, 2.75) is 6.54 Å². The number of carbonyl (C=O) groups is 1. The largest absolute Gasteiger partial charge is 0.497 e. The zero-order valence-electron chi connectivity index (χ0n) is 11.2. The van der Waals surface area contributed by atoms with Crippen LogP contribution in [0.4, 0.5) is 5.69 Å². The highest BCUT2D eigenvalue weighted by atomic mass is 16.5. The van der Waals surface area contributed by atoms with E-state index in [0.29, 0.717) is 5.56 Å². The summed E-state index contributed by atoms with van der Waals surface area (Å²) in [4.78, 5) is 13.1. The molecule has 0 N–H and O–H groups in total. The molecule has 0 bridgehead atoms. The van der Waals surface area contributed by atoms with Crippen LogP contribution in [0.1, 0.15) is 15.9 Å². The van der Waals surface area contributed by atoms with Crippen molar-refractivity contribution in [3.05, 3.63) is 59.7 Å². The van der Waals surface area contributed by atoms with E-state index in [2.05, 4.69) is 4.90 Å². The number of methoxy groups -OCH3 is 1. The third-order valence-electron chi connectivity index (χ3n) is 3.05. The summed E-state index contributed by atoms with van der Waals surface area (Å²) < 4.78 is 5.14. The summed E-state index contributed by atoms with van der Waals surface area (Å²) in [6, 6.07) is 15.5. The van der Waals surface area contributed by atoms with Crippen LogP contribution in [0.15, 0.2) is 48.5 Å². The van der Waals surface area contributed by atoms with Gasteiger partial charge < -0.3 is 9.64 Å². The van der Waals surface area contributed by atoms with Gasteiger partial charge in [0.1, 0.15) is 5.75 Å². The lowest BCUT2D eigenvalue weighted by molar-refractivity contribution is 0.112. The normalized spacial score (nSPS) is 10.0. The van der Waals surface area contributed by atoms with E-state index in [1.807, 2.05) is 55.6 Å². The van der Waals surface area contributed by atoms with E-state index in [0.717, 1.165) is 24.3 Å². The van der Waals surface area contributed by atoms with Crippen molar-refractivity contribution in [2.75, 3.05) is 19.1 Å². The van der Waals surface area contributed by atoms with Gasteiger partial charge in [0.05, 0.1) is 7.11 Å². The van der Waals surface area contributed by atoms with Crippen molar-refractivity contribution in [1.82, 2.24) is 0 Å². The zero-order valence-corrected chi connectivity index (χ0v) is 11.2. The smallest absolute Gasteiger partial charge is 0.152 e. The molecule has 0 aliphatic heterocycles. The molecule has 0 aromatic heterocycles. The number of nitrogens with zero attached hydrogens (tertiary/aromatic N) is 1. The number of hydrogen-bond donors (Lipinski definition) is 0. The SMILES string of the molecule is COc1ccc(CN(C)c2ccccc2C=O)cc1. The van der Waals surface area contributed by atoms with Gasteiger partial charge in [0, 0.05) is 24.8 Å². The average molecular weight is 255 g/mol. The Labute approximate surface area is 113 Å². The highest BCUT2D eigenvalue weighted by Gasteiger charge is 2.06. The first-order chi connectivity index (χ1) is 9.24. The summed E-state index contributed by atoms with van der Waals surface area (Å²) in [6.45, 7) is 0.745. The van der Waals surface area contributed by atoms with Crippen LogP contribution in [0.5, 0.6) is 5.75 Å². The highest BCUT2D eigenvalue weighted by Crippen LogP contribution is 2.20. The van der Waals surface area contributed by atoms with Crippen LogP contribution in [-0.2, 0) is 6.54 Å². The molecule has 0 unspecified atom stereocenters. The number of benzene rings is 2. The van der Waals surface area contributed by atoms with Gasteiger partial charge in [-0.1, -0.05) is 24.3 Å². The van der Waals surface area contributed by atoms with Gasteiger partial charge in [0.2, 0.25) is 0 Å². The first-order valence-electron chi connectivity index (χ1n) is 6.13. The third-order valence-corrected chi connectivity index (χ3v) is 3.05. The van der Waals surface area contributed by atoms with Gasteiger partial charge in [-0.2, -0.15) is 0 Å². The number of rotatable bonds is 5. The lowest BCUT2D eigenvalue weighted by atomic mass is 10.1. The van der Waals surface area contributed by atoms with E-state index in [4.69, 9.17) is 4.74 Å². The lowest BCUT2D eigenvalue weighted by Gasteiger charge is -2.21. The van der Waals surface area contributed by atoms with Crippen LogP contribution in [0.3, 0.4) is 0 Å². The molecule has 0 aliphatic rings. The summed E-state index contributed by atoms with van der Waals surface area (Å²) in [6.07, 6.45) is 0.889. The molecule has 19 heavy (non-hydrogen) atoms. The maximum absolute atomic E-state index is 11.0. The second-order valence-corrected chi connectivity index (χ2v) is 4.38. The molecule has 0 heterocycles. The van der Waals surface area contributed by atoms with Gasteiger partial charge in [-0.25, -0.2) is 0 Å². The Morgan fingerprint density at radius 3 is 2.42 bits per heavy atom. The molecule has 2 rings (SSSR count). The molecular weight excluding hydrogens is 238 g/mol. The Hall–Kier alpha value is -2.29. The minimum Gasteiger partial charge on any atom is -0.497 e. The summed E-state index contributed by atoms with van der Waals surface area (Å²) in [5.74, 6) is 0.847. The average Bonchev–Trinajstić information content (AvgIpc) is 2.48. The van der Waals surface area contributed by atoms with Gasteiger partial charge in [0.25, 0.3) is 0 Å². The van der Waals surface area contributed by atoms with Gasteiger partial charge >= 0.3 is 0 Å². The van der Waals surface area contributed by atoms with Crippen molar-refractivity contribution in [3.8, 4) is 5.75 Å². The van der Waals surface area contributed by atoms with E-state index >= 15 is 0 Å². The van der Waals surface area contributed by atoms with E-state index in [1.165, 1.54) is 5.56 Å². The van der Waals surface area contributed by atoms with E-state index in [9.17, 15) is 4.79 Å². The molecule has 3 heteroatoms. The predicted octanol–water partition coefficient (Wildman–Crippen LogP) is 3.14. The van der Waals surface area contributed by atoms with Crippen molar-refractivity contribution in [1.29, 1.82) is 0 Å². The molecule has 0 aliphatic carbocycles. The summed E-state index contributed by atoms with van der Waals surface area (Å²) in [5, 5.41) is 0. The third kappa shape index (κ3) is 3.13. The summed E-state index contributed by atoms with van der Waals surface area (Å²) in [7, 11) is 3.63. The topological polar surface area (TPSA) is 29.5 Å². The van der Waals surface area contributed by atoms with Crippen LogP contribution in [0.2, 0.25) is 0 Å². The fraction of sp³-hybridized carbons (Fsp3) is 0.188. The van der Waals surface area contributed by atoms with Crippen molar-refractivity contribution >= 4 is 12.0 Å². The van der Waals surface area contributed by atoms with Crippen LogP contribution in [0, 0.1) is 0 Å². The molecule has 0 saturated heterocycles. The van der Waals surface area contributed by atoms with Crippen molar-refractivity contribution < 1.29 is 9.53 Å². The predicted molar refractivity (Wildman–Crippen MR) is 76.9 cm³/mol. The molecule has 0 saturated carbocycles. The van der Waals surface area contributed by atoms with E-state index in [-0.39, 0.29) is 0 Å². The van der Waals surface area contributed by atoms with Gasteiger partial charge in [-0.15, -0.1) is 0 Å². The Morgan fingerprint density at radius 1 is 1.11 bits per heavy atom. The summed E-state index contributed by atoms with van der Waals surface area (Å²) in [5.41, 5.74) is 2.82. The molecule has 2 aromatic rings. The first kappa shape index (κ1) is 13.1. The Balaban J connectivity index is 2.15. The molecule has 0 spiro atoms. The van der Waals surface area contributed by atoms with Gasteiger partial charge in [-0.05, 0) is 29.8 Å². The standard InChI is InChI=1S/C16H17NO2/c1-17(16-6-4-3-5-14(16)12-18)11-13-7-9-15(19-2)10-8-13/h3-10,12H,11H2,1-2H3. The zero-order chi connectivity index (χ0) is 13.7. The molecule has 0 atom stereocenters. The van der Waals surface area contributed by atoms with Gasteiger partial charge in [0.15, 0.2) is 6.29 Å². The number of anilines is 1. The molecular formula is C16H17NO2. The lowest BCUT2D eigenvalue weighted by Crippen LogP contribution is -2.17. The molecule has 98 valence electrons. The minimum absolute atomic E-state index is 0.707. The van der Waals surface area contributed by atoms with Gasteiger partial charge in [-0.3, -0.25) is 4.79 Å². The monoisotopic (exact) mass is 255 g/mol. The molecule has 2 aromatic carbocycles. The maximum Gasteiger partial charge on any atom is 0.152 e. The Kier molecular flexibility index (Phi) is 4.18. The molecule has 0 fully saturated rings. The number of para-hydroxylation sites is 1. The molecule has 0 amide bonds. The van der Waals surface area contributed by atoms with Crippen molar-refractivity contribution in [2.24, 2.45) is 0 Å². The van der Waals surface area contributed by atoms with E-state index in [1.54, 1.807) is 7.11 Å². The fourth-order valence-electron chi connectivity index (χ4n) is 2.02. The molecule has 3 nitrogen and oxygen atoms in total. The van der Waals surface area contributed by atoms with E-state index < -0.39 is 0 Å². The van der Waals surface area contributed by atoms with Crippen LogP contribution >= 0.6 is 0 Å². The quantitative estimate of drug-likeness (QED) is 0.769. The van der Waals surface area contributed by atoms with Crippen molar-refractivity contribution in [3.63, 3.8) is 0 Å². The Morgan fingerprint density at radius 2 is 1.79 bits per heavy atom.